The second kappa shape index (κ2) is 5.90. The molecule has 1 aliphatic heterocycles. The summed E-state index contributed by atoms with van der Waals surface area (Å²) in [5, 5.41) is 3.23. The number of carbonyl (C=O) groups is 1. The predicted octanol–water partition coefficient (Wildman–Crippen LogP) is 3.33. The van der Waals surface area contributed by atoms with Gasteiger partial charge in [0.05, 0.1) is 17.8 Å². The van der Waals surface area contributed by atoms with Gasteiger partial charge in [0.1, 0.15) is 17.3 Å². The largest absolute Gasteiger partial charge is 0.467 e. The number of carbonyl (C=O) groups excluding carboxylic acids is 1. The van der Waals surface area contributed by atoms with E-state index < -0.39 is 5.82 Å². The van der Waals surface area contributed by atoms with Gasteiger partial charge in [0.25, 0.3) is 5.91 Å². The van der Waals surface area contributed by atoms with Crippen LogP contribution in [0.25, 0.3) is 6.08 Å². The van der Waals surface area contributed by atoms with Crippen molar-refractivity contribution >= 4 is 40.9 Å². The molecule has 0 unspecified atom stereocenters. The quantitative estimate of drug-likeness (QED) is 0.690. The molecule has 22 heavy (non-hydrogen) atoms. The van der Waals surface area contributed by atoms with Gasteiger partial charge in [-0.3, -0.25) is 9.69 Å². The van der Waals surface area contributed by atoms with Crippen molar-refractivity contribution in [1.82, 2.24) is 10.2 Å². The summed E-state index contributed by atoms with van der Waals surface area (Å²) in [6.45, 7) is 0.208. The third-order valence-electron chi connectivity index (χ3n) is 3.14. The first kappa shape index (κ1) is 14.7. The van der Waals surface area contributed by atoms with Gasteiger partial charge in [0.2, 0.25) is 0 Å². The van der Waals surface area contributed by atoms with E-state index in [0.29, 0.717) is 5.76 Å². The minimum atomic E-state index is -0.509. The smallest absolute Gasteiger partial charge is 0.276 e. The van der Waals surface area contributed by atoms with Crippen LogP contribution >= 0.6 is 23.8 Å². The van der Waals surface area contributed by atoms with Gasteiger partial charge in [-0.15, -0.1) is 0 Å². The van der Waals surface area contributed by atoms with E-state index in [2.05, 4.69) is 5.32 Å². The normalized spacial score (nSPS) is 16.5. The maximum absolute atomic E-state index is 13.8. The molecule has 0 aliphatic carbocycles. The lowest BCUT2D eigenvalue weighted by Gasteiger charge is -2.11. The van der Waals surface area contributed by atoms with E-state index >= 15 is 0 Å². The van der Waals surface area contributed by atoms with Crippen molar-refractivity contribution in [1.29, 1.82) is 0 Å². The molecular formula is C15H10ClFN2O2S. The van der Waals surface area contributed by atoms with Crippen LogP contribution in [0.15, 0.2) is 46.7 Å². The van der Waals surface area contributed by atoms with E-state index in [9.17, 15) is 9.18 Å². The van der Waals surface area contributed by atoms with Gasteiger partial charge < -0.3 is 9.73 Å². The van der Waals surface area contributed by atoms with Crippen molar-refractivity contribution < 1.29 is 13.6 Å². The number of benzene rings is 1. The minimum Gasteiger partial charge on any atom is -0.467 e. The topological polar surface area (TPSA) is 45.5 Å². The lowest BCUT2D eigenvalue weighted by atomic mass is 10.1. The molecule has 1 aromatic carbocycles. The molecule has 7 heteroatoms. The minimum absolute atomic E-state index is 0.141. The first-order chi connectivity index (χ1) is 10.6. The van der Waals surface area contributed by atoms with Gasteiger partial charge >= 0.3 is 0 Å². The Morgan fingerprint density at radius 2 is 2.18 bits per heavy atom. The van der Waals surface area contributed by atoms with Crippen LogP contribution in [0.5, 0.6) is 0 Å². The predicted molar refractivity (Wildman–Crippen MR) is 84.4 cm³/mol. The van der Waals surface area contributed by atoms with Gasteiger partial charge in [0, 0.05) is 5.56 Å². The highest BCUT2D eigenvalue weighted by molar-refractivity contribution is 7.80. The van der Waals surface area contributed by atoms with Crippen LogP contribution in [0.4, 0.5) is 4.39 Å². The molecule has 0 radical (unpaired) electrons. The molecule has 0 spiro atoms. The zero-order valence-electron chi connectivity index (χ0n) is 11.2. The number of furan rings is 1. The fourth-order valence-corrected chi connectivity index (χ4v) is 2.54. The van der Waals surface area contributed by atoms with Crippen molar-refractivity contribution in [2.45, 2.75) is 6.54 Å². The van der Waals surface area contributed by atoms with Crippen LogP contribution in [0.2, 0.25) is 5.02 Å². The van der Waals surface area contributed by atoms with Crippen molar-refractivity contribution in [3.63, 3.8) is 0 Å². The fourth-order valence-electron chi connectivity index (χ4n) is 2.07. The van der Waals surface area contributed by atoms with Crippen LogP contribution in [0, 0.1) is 5.82 Å². The fraction of sp³-hybridized carbons (Fsp3) is 0.0667. The summed E-state index contributed by atoms with van der Waals surface area (Å²) < 4.78 is 19.0. The van der Waals surface area contributed by atoms with Crippen LogP contribution in [-0.2, 0) is 11.3 Å². The number of thiocarbonyl (C=S) groups is 1. The summed E-state index contributed by atoms with van der Waals surface area (Å²) in [4.78, 5) is 13.7. The Kier molecular flexibility index (Phi) is 3.96. The standard InChI is InChI=1S/C15H10ClFN2O2S/c16-11-4-1-5-12(17)10(11)7-13-14(20)19(15(22)18-13)8-9-3-2-6-21-9/h1-7H,8H2,(H,18,22)/b13-7+. The Morgan fingerprint density at radius 1 is 1.36 bits per heavy atom. The molecule has 2 heterocycles. The van der Waals surface area contributed by atoms with E-state index in [4.69, 9.17) is 28.2 Å². The highest BCUT2D eigenvalue weighted by Gasteiger charge is 2.31. The third kappa shape index (κ3) is 2.75. The van der Waals surface area contributed by atoms with Crippen LogP contribution in [0.3, 0.4) is 0 Å². The Balaban J connectivity index is 1.89. The van der Waals surface area contributed by atoms with Crippen molar-refractivity contribution in [3.8, 4) is 0 Å². The zero-order chi connectivity index (χ0) is 15.7. The van der Waals surface area contributed by atoms with Crippen molar-refractivity contribution in [2.24, 2.45) is 0 Å². The van der Waals surface area contributed by atoms with Gasteiger partial charge in [-0.25, -0.2) is 4.39 Å². The van der Waals surface area contributed by atoms with Crippen molar-refractivity contribution in [3.05, 3.63) is 64.5 Å². The molecule has 2 aromatic rings. The molecule has 1 aromatic heterocycles. The van der Waals surface area contributed by atoms with E-state index in [-0.39, 0.29) is 33.8 Å². The van der Waals surface area contributed by atoms with E-state index in [1.807, 2.05) is 0 Å². The Hall–Kier alpha value is -2.18. The average molecular weight is 337 g/mol. The molecule has 0 bridgehead atoms. The number of nitrogens with zero attached hydrogens (tertiary/aromatic N) is 1. The van der Waals surface area contributed by atoms with Crippen LogP contribution in [0.1, 0.15) is 11.3 Å². The summed E-state index contributed by atoms with van der Waals surface area (Å²) in [7, 11) is 0. The molecule has 1 amide bonds. The summed E-state index contributed by atoms with van der Waals surface area (Å²) in [5.41, 5.74) is 0.311. The van der Waals surface area contributed by atoms with Gasteiger partial charge in [-0.05, 0) is 42.6 Å². The number of halogens is 2. The number of hydrogen-bond donors (Lipinski definition) is 1. The Morgan fingerprint density at radius 3 is 2.86 bits per heavy atom. The number of hydrogen-bond acceptors (Lipinski definition) is 3. The summed E-state index contributed by atoms with van der Waals surface area (Å²) >= 11 is 11.1. The number of rotatable bonds is 3. The average Bonchev–Trinajstić information content (AvgIpc) is 3.07. The highest BCUT2D eigenvalue weighted by Crippen LogP contribution is 2.24. The SMILES string of the molecule is O=C1/C(=C\c2c(F)cccc2Cl)NC(=S)N1Cc1ccco1. The molecule has 1 aliphatic rings. The molecule has 0 saturated carbocycles. The first-order valence-electron chi connectivity index (χ1n) is 6.37. The lowest BCUT2D eigenvalue weighted by molar-refractivity contribution is -0.122. The van der Waals surface area contributed by atoms with Crippen LogP contribution < -0.4 is 5.32 Å². The molecule has 112 valence electrons. The second-order valence-corrected chi connectivity index (χ2v) is 5.39. The van der Waals surface area contributed by atoms with E-state index in [1.165, 1.54) is 29.4 Å². The first-order valence-corrected chi connectivity index (χ1v) is 7.16. The zero-order valence-corrected chi connectivity index (χ0v) is 12.7. The molecule has 1 saturated heterocycles. The summed E-state index contributed by atoms with van der Waals surface area (Å²) in [6, 6.07) is 7.79. The molecule has 0 atom stereocenters. The molecule has 1 N–H and O–H groups in total. The maximum atomic E-state index is 13.8. The van der Waals surface area contributed by atoms with Gasteiger partial charge in [0.15, 0.2) is 5.11 Å². The van der Waals surface area contributed by atoms with Gasteiger partial charge in [-0.2, -0.15) is 0 Å². The number of amides is 1. The maximum Gasteiger partial charge on any atom is 0.276 e. The molecular weight excluding hydrogens is 327 g/mol. The third-order valence-corrected chi connectivity index (χ3v) is 3.80. The molecule has 1 fully saturated rings. The Labute approximate surface area is 136 Å². The monoisotopic (exact) mass is 336 g/mol. The Bertz CT molecular complexity index is 754. The van der Waals surface area contributed by atoms with E-state index in [1.54, 1.807) is 18.2 Å². The summed E-state index contributed by atoms with van der Waals surface area (Å²) in [5.74, 6) is -0.270. The second-order valence-electron chi connectivity index (χ2n) is 4.59. The van der Waals surface area contributed by atoms with Crippen molar-refractivity contribution in [2.75, 3.05) is 0 Å². The molecule has 4 nitrogen and oxygen atoms in total. The summed E-state index contributed by atoms with van der Waals surface area (Å²) in [6.07, 6.45) is 2.87. The van der Waals surface area contributed by atoms with E-state index in [0.717, 1.165) is 0 Å². The number of nitrogens with one attached hydrogen (secondary N) is 1. The lowest BCUT2D eigenvalue weighted by Crippen LogP contribution is -2.29. The van der Waals surface area contributed by atoms with Gasteiger partial charge in [-0.1, -0.05) is 17.7 Å². The molecule has 3 rings (SSSR count). The highest BCUT2D eigenvalue weighted by atomic mass is 35.5. The van der Waals surface area contributed by atoms with Crippen LogP contribution in [-0.4, -0.2) is 15.9 Å².